The molecule has 1 unspecified atom stereocenters. The number of hydrogen-bond donors (Lipinski definition) is 2. The number of carbonyl (C=O) groups is 1. The maximum atomic E-state index is 12.7. The minimum Gasteiger partial charge on any atom is -0.369 e. The van der Waals surface area contributed by atoms with Gasteiger partial charge in [0.2, 0.25) is 0 Å². The van der Waals surface area contributed by atoms with E-state index in [1.807, 2.05) is 6.07 Å². The van der Waals surface area contributed by atoms with Gasteiger partial charge >= 0.3 is 0 Å². The molecule has 5 nitrogen and oxygen atoms in total. The normalized spacial score (nSPS) is 25.5. The molecule has 4 rings (SSSR count). The number of amides is 1. The highest BCUT2D eigenvalue weighted by molar-refractivity contribution is 5.99. The Morgan fingerprint density at radius 1 is 1.09 bits per heavy atom. The fraction of sp³-hybridized carbons (Fsp3) is 0.588. The van der Waals surface area contributed by atoms with Crippen LogP contribution in [0.5, 0.6) is 0 Å². The number of rotatable bonds is 2. The van der Waals surface area contributed by atoms with Gasteiger partial charge in [-0.2, -0.15) is 0 Å². The largest absolute Gasteiger partial charge is 0.369 e. The number of carbonyl (C=O) groups excluding carboxylic acids is 1. The van der Waals surface area contributed by atoms with E-state index in [4.69, 9.17) is 0 Å². The first-order chi connectivity index (χ1) is 10.8. The molecule has 5 heteroatoms. The van der Waals surface area contributed by atoms with Gasteiger partial charge in [-0.3, -0.25) is 4.79 Å². The van der Waals surface area contributed by atoms with Crippen molar-refractivity contribution >= 4 is 11.6 Å². The van der Waals surface area contributed by atoms with Crippen LogP contribution in [0.15, 0.2) is 18.2 Å². The number of benzene rings is 1. The van der Waals surface area contributed by atoms with Gasteiger partial charge in [-0.05, 0) is 43.1 Å². The van der Waals surface area contributed by atoms with Crippen LogP contribution in [0.4, 0.5) is 5.69 Å². The lowest BCUT2D eigenvalue weighted by molar-refractivity contribution is 0.0674. The standard InChI is InChI=1S/C17H24N4O/c22-17-16-4-3-14(20-8-6-18-7-9-20)10-13(16)12-21(17)15-2-1-5-19-11-15/h3-4,10,15,18-19H,1-2,5-9,11-12H2. The first-order valence-electron chi connectivity index (χ1n) is 8.43. The van der Waals surface area contributed by atoms with Crippen LogP contribution < -0.4 is 15.5 Å². The van der Waals surface area contributed by atoms with Crippen LogP contribution in [-0.2, 0) is 6.54 Å². The van der Waals surface area contributed by atoms with Crippen molar-refractivity contribution in [2.75, 3.05) is 44.2 Å². The lowest BCUT2D eigenvalue weighted by Gasteiger charge is -2.31. The fourth-order valence-electron chi connectivity index (χ4n) is 3.84. The molecular weight excluding hydrogens is 276 g/mol. The second kappa shape index (κ2) is 5.89. The molecule has 0 radical (unpaired) electrons. The Balaban J connectivity index is 1.54. The summed E-state index contributed by atoms with van der Waals surface area (Å²) in [5.74, 6) is 0.218. The Morgan fingerprint density at radius 3 is 2.73 bits per heavy atom. The van der Waals surface area contributed by atoms with Gasteiger partial charge in [-0.1, -0.05) is 0 Å². The lowest BCUT2D eigenvalue weighted by atomic mass is 10.1. The maximum Gasteiger partial charge on any atom is 0.254 e. The van der Waals surface area contributed by atoms with E-state index in [0.717, 1.165) is 64.2 Å². The van der Waals surface area contributed by atoms with Gasteiger partial charge in [0.05, 0.1) is 0 Å². The Morgan fingerprint density at radius 2 is 1.95 bits per heavy atom. The minimum atomic E-state index is 0.218. The second-order valence-corrected chi connectivity index (χ2v) is 6.51. The van der Waals surface area contributed by atoms with Gasteiger partial charge in [0.25, 0.3) is 5.91 Å². The van der Waals surface area contributed by atoms with Gasteiger partial charge in [-0.15, -0.1) is 0 Å². The molecule has 3 aliphatic heterocycles. The Kier molecular flexibility index (Phi) is 3.76. The quantitative estimate of drug-likeness (QED) is 0.848. The molecule has 0 spiro atoms. The number of nitrogens with zero attached hydrogens (tertiary/aromatic N) is 2. The van der Waals surface area contributed by atoms with Crippen LogP contribution in [0.25, 0.3) is 0 Å². The molecule has 2 fully saturated rings. The number of piperazine rings is 1. The van der Waals surface area contributed by atoms with Crippen LogP contribution in [0.3, 0.4) is 0 Å². The number of nitrogens with one attached hydrogen (secondary N) is 2. The summed E-state index contributed by atoms with van der Waals surface area (Å²) in [5.41, 5.74) is 3.37. The van der Waals surface area contributed by atoms with E-state index < -0.39 is 0 Å². The summed E-state index contributed by atoms with van der Waals surface area (Å²) in [6.45, 7) is 6.96. The zero-order valence-corrected chi connectivity index (χ0v) is 13.0. The third-order valence-corrected chi connectivity index (χ3v) is 5.11. The summed E-state index contributed by atoms with van der Waals surface area (Å²) in [6.07, 6.45) is 2.29. The van der Waals surface area contributed by atoms with Crippen molar-refractivity contribution in [3.8, 4) is 0 Å². The lowest BCUT2D eigenvalue weighted by Crippen LogP contribution is -2.46. The number of anilines is 1. The molecule has 1 amide bonds. The third kappa shape index (κ3) is 2.48. The second-order valence-electron chi connectivity index (χ2n) is 6.51. The van der Waals surface area contributed by atoms with Crippen molar-refractivity contribution in [3.63, 3.8) is 0 Å². The Hall–Kier alpha value is -1.59. The summed E-state index contributed by atoms with van der Waals surface area (Å²) in [6, 6.07) is 6.74. The molecule has 1 atom stereocenters. The summed E-state index contributed by atoms with van der Waals surface area (Å²) in [4.78, 5) is 17.1. The number of hydrogen-bond acceptors (Lipinski definition) is 4. The molecule has 2 N–H and O–H groups in total. The van der Waals surface area contributed by atoms with Gasteiger partial charge in [0.15, 0.2) is 0 Å². The highest BCUT2D eigenvalue weighted by atomic mass is 16.2. The van der Waals surface area contributed by atoms with Gasteiger partial charge in [0.1, 0.15) is 0 Å². The van der Waals surface area contributed by atoms with Crippen LogP contribution in [-0.4, -0.2) is 56.1 Å². The molecule has 3 aliphatic rings. The predicted molar refractivity (Wildman–Crippen MR) is 87.3 cm³/mol. The highest BCUT2D eigenvalue weighted by Crippen LogP contribution is 2.30. The van der Waals surface area contributed by atoms with Gasteiger partial charge in [0, 0.05) is 56.6 Å². The van der Waals surface area contributed by atoms with Crippen molar-refractivity contribution in [3.05, 3.63) is 29.3 Å². The summed E-state index contributed by atoms with van der Waals surface area (Å²) in [7, 11) is 0. The molecule has 0 aliphatic carbocycles. The third-order valence-electron chi connectivity index (χ3n) is 5.11. The summed E-state index contributed by atoms with van der Waals surface area (Å²) >= 11 is 0. The topological polar surface area (TPSA) is 47.6 Å². The monoisotopic (exact) mass is 300 g/mol. The van der Waals surface area contributed by atoms with Crippen molar-refractivity contribution in [2.24, 2.45) is 0 Å². The average molecular weight is 300 g/mol. The van der Waals surface area contributed by atoms with E-state index >= 15 is 0 Å². The molecule has 22 heavy (non-hydrogen) atoms. The first-order valence-corrected chi connectivity index (χ1v) is 8.43. The van der Waals surface area contributed by atoms with E-state index in [1.165, 1.54) is 11.3 Å². The zero-order chi connectivity index (χ0) is 14.9. The van der Waals surface area contributed by atoms with E-state index in [-0.39, 0.29) is 5.91 Å². The van der Waals surface area contributed by atoms with E-state index in [9.17, 15) is 4.79 Å². The molecule has 0 bridgehead atoms. The van der Waals surface area contributed by atoms with E-state index in [1.54, 1.807) is 0 Å². The zero-order valence-electron chi connectivity index (χ0n) is 13.0. The molecule has 3 heterocycles. The average Bonchev–Trinajstić information content (AvgIpc) is 2.93. The fourth-order valence-corrected chi connectivity index (χ4v) is 3.84. The molecule has 1 aromatic rings. The highest BCUT2D eigenvalue weighted by Gasteiger charge is 2.33. The summed E-state index contributed by atoms with van der Waals surface area (Å²) in [5, 5.41) is 6.80. The molecule has 0 aromatic heterocycles. The Bertz CT molecular complexity index is 562. The van der Waals surface area contributed by atoms with E-state index in [0.29, 0.717) is 6.04 Å². The van der Waals surface area contributed by atoms with E-state index in [2.05, 4.69) is 32.6 Å². The maximum absolute atomic E-state index is 12.7. The molecule has 118 valence electrons. The molecule has 1 aromatic carbocycles. The number of piperidine rings is 1. The molecular formula is C17H24N4O. The Labute approximate surface area is 131 Å². The first kappa shape index (κ1) is 14.0. The summed E-state index contributed by atoms with van der Waals surface area (Å²) < 4.78 is 0. The number of fused-ring (bicyclic) bond motifs is 1. The van der Waals surface area contributed by atoms with Crippen molar-refractivity contribution in [1.82, 2.24) is 15.5 Å². The molecule has 0 saturated carbocycles. The minimum absolute atomic E-state index is 0.218. The van der Waals surface area contributed by atoms with Crippen molar-refractivity contribution in [1.29, 1.82) is 0 Å². The van der Waals surface area contributed by atoms with Gasteiger partial charge < -0.3 is 20.4 Å². The molecule has 2 saturated heterocycles. The SMILES string of the molecule is O=C1c2ccc(N3CCNCC3)cc2CN1C1CCCNC1. The van der Waals surface area contributed by atoms with Crippen molar-refractivity contribution in [2.45, 2.75) is 25.4 Å². The predicted octanol–water partition coefficient (Wildman–Crippen LogP) is 0.804. The van der Waals surface area contributed by atoms with Crippen LogP contribution in [0.2, 0.25) is 0 Å². The van der Waals surface area contributed by atoms with Crippen LogP contribution >= 0.6 is 0 Å². The van der Waals surface area contributed by atoms with Gasteiger partial charge in [-0.25, -0.2) is 0 Å². The smallest absolute Gasteiger partial charge is 0.254 e. The van der Waals surface area contributed by atoms with Crippen molar-refractivity contribution < 1.29 is 4.79 Å². The van der Waals surface area contributed by atoms with Crippen LogP contribution in [0.1, 0.15) is 28.8 Å². The van der Waals surface area contributed by atoms with Crippen LogP contribution in [0, 0.1) is 0 Å².